The van der Waals surface area contributed by atoms with Crippen molar-refractivity contribution in [1.29, 1.82) is 0 Å². The monoisotopic (exact) mass is 275 g/mol. The van der Waals surface area contributed by atoms with E-state index in [-0.39, 0.29) is 0 Å². The molecule has 0 aliphatic carbocycles. The van der Waals surface area contributed by atoms with Gasteiger partial charge < -0.3 is 16.4 Å². The average molecular weight is 275 g/mol. The predicted octanol–water partition coefficient (Wildman–Crippen LogP) is 1.45. The van der Waals surface area contributed by atoms with Crippen LogP contribution >= 0.6 is 0 Å². The Balaban J connectivity index is 2.09. The SMILES string of the molecule is CC1CC(C)N(CCC(N)(C(N)=O)c2ccccc2)C1. The number of nitrogens with two attached hydrogens (primary N) is 2. The van der Waals surface area contributed by atoms with Crippen LogP contribution in [0.3, 0.4) is 0 Å². The number of carbonyl (C=O) groups excluding carboxylic acids is 1. The van der Waals surface area contributed by atoms with Crippen LogP contribution in [0.5, 0.6) is 0 Å². The summed E-state index contributed by atoms with van der Waals surface area (Å²) in [5.74, 6) is 0.256. The first-order valence-corrected chi connectivity index (χ1v) is 7.32. The molecule has 0 aromatic heterocycles. The maximum absolute atomic E-state index is 11.9. The van der Waals surface area contributed by atoms with Gasteiger partial charge >= 0.3 is 0 Å². The lowest BCUT2D eigenvalue weighted by atomic mass is 9.86. The second-order valence-electron chi connectivity index (χ2n) is 6.14. The van der Waals surface area contributed by atoms with Gasteiger partial charge in [-0.1, -0.05) is 37.3 Å². The third-order valence-corrected chi connectivity index (χ3v) is 4.43. The molecule has 1 aromatic rings. The molecule has 0 spiro atoms. The average Bonchev–Trinajstić information content (AvgIpc) is 2.75. The summed E-state index contributed by atoms with van der Waals surface area (Å²) in [6.07, 6.45) is 1.77. The molecule has 0 radical (unpaired) electrons. The predicted molar refractivity (Wildman–Crippen MR) is 80.9 cm³/mol. The van der Waals surface area contributed by atoms with E-state index in [1.54, 1.807) is 0 Å². The Morgan fingerprint density at radius 1 is 1.35 bits per heavy atom. The minimum atomic E-state index is -1.08. The molecule has 0 bridgehead atoms. The van der Waals surface area contributed by atoms with E-state index in [2.05, 4.69) is 18.7 Å². The number of benzene rings is 1. The van der Waals surface area contributed by atoms with E-state index in [1.165, 1.54) is 6.42 Å². The first-order valence-electron chi connectivity index (χ1n) is 7.32. The molecule has 1 heterocycles. The quantitative estimate of drug-likeness (QED) is 0.854. The molecule has 0 saturated carbocycles. The summed E-state index contributed by atoms with van der Waals surface area (Å²) < 4.78 is 0. The molecule has 1 fully saturated rings. The van der Waals surface area contributed by atoms with Gasteiger partial charge in [0.25, 0.3) is 0 Å². The molecule has 20 heavy (non-hydrogen) atoms. The van der Waals surface area contributed by atoms with Crippen LogP contribution in [-0.2, 0) is 10.3 Å². The van der Waals surface area contributed by atoms with E-state index in [0.717, 1.165) is 18.7 Å². The maximum Gasteiger partial charge on any atom is 0.242 e. The zero-order valence-electron chi connectivity index (χ0n) is 12.4. The fourth-order valence-corrected chi connectivity index (χ4v) is 3.16. The van der Waals surface area contributed by atoms with Gasteiger partial charge in [-0.15, -0.1) is 0 Å². The van der Waals surface area contributed by atoms with Gasteiger partial charge in [-0.25, -0.2) is 0 Å². The molecule has 1 saturated heterocycles. The van der Waals surface area contributed by atoms with Gasteiger partial charge in [-0.05, 0) is 31.2 Å². The highest BCUT2D eigenvalue weighted by atomic mass is 16.1. The van der Waals surface area contributed by atoms with E-state index < -0.39 is 11.4 Å². The Labute approximate surface area is 121 Å². The summed E-state index contributed by atoms with van der Waals surface area (Å²) in [5.41, 5.74) is 11.6. The molecule has 1 amide bonds. The molecular formula is C16H25N3O. The van der Waals surface area contributed by atoms with Crippen molar-refractivity contribution in [2.24, 2.45) is 17.4 Å². The molecule has 2 rings (SSSR count). The van der Waals surface area contributed by atoms with E-state index >= 15 is 0 Å². The number of rotatable bonds is 5. The molecular weight excluding hydrogens is 250 g/mol. The van der Waals surface area contributed by atoms with Gasteiger partial charge in [0, 0.05) is 19.1 Å². The van der Waals surface area contributed by atoms with E-state index in [4.69, 9.17) is 11.5 Å². The van der Waals surface area contributed by atoms with Crippen LogP contribution in [0.4, 0.5) is 0 Å². The summed E-state index contributed by atoms with van der Waals surface area (Å²) in [4.78, 5) is 14.3. The highest BCUT2D eigenvalue weighted by Gasteiger charge is 2.35. The molecule has 3 atom stereocenters. The van der Waals surface area contributed by atoms with Crippen LogP contribution in [0.1, 0.15) is 32.3 Å². The molecule has 1 aliphatic rings. The van der Waals surface area contributed by atoms with Crippen molar-refractivity contribution in [3.8, 4) is 0 Å². The smallest absolute Gasteiger partial charge is 0.242 e. The summed E-state index contributed by atoms with van der Waals surface area (Å²) in [6.45, 7) is 6.37. The van der Waals surface area contributed by atoms with Gasteiger partial charge in [0.2, 0.25) is 5.91 Å². The Kier molecular flexibility index (Phi) is 4.45. The van der Waals surface area contributed by atoms with E-state index in [1.807, 2.05) is 30.3 Å². The number of nitrogens with zero attached hydrogens (tertiary/aromatic N) is 1. The van der Waals surface area contributed by atoms with Gasteiger partial charge in [-0.3, -0.25) is 4.79 Å². The largest absolute Gasteiger partial charge is 0.368 e. The first kappa shape index (κ1) is 15.0. The number of carbonyl (C=O) groups is 1. The van der Waals surface area contributed by atoms with Crippen molar-refractivity contribution < 1.29 is 4.79 Å². The molecule has 1 aromatic carbocycles. The van der Waals surface area contributed by atoms with Crippen LogP contribution in [0, 0.1) is 5.92 Å². The normalized spacial score (nSPS) is 26.4. The third-order valence-electron chi connectivity index (χ3n) is 4.43. The summed E-state index contributed by atoms with van der Waals surface area (Å²) >= 11 is 0. The van der Waals surface area contributed by atoms with E-state index in [0.29, 0.717) is 18.4 Å². The minimum absolute atomic E-state index is 0.455. The molecule has 4 N–H and O–H groups in total. The summed E-state index contributed by atoms with van der Waals surface area (Å²) in [6, 6.07) is 10.00. The first-order chi connectivity index (χ1) is 9.43. The molecule has 3 unspecified atom stereocenters. The second kappa shape index (κ2) is 5.94. The van der Waals surface area contributed by atoms with Crippen LogP contribution in [0.15, 0.2) is 30.3 Å². The standard InChI is InChI=1S/C16H25N3O/c1-12-10-13(2)19(11-12)9-8-16(18,15(17)20)14-6-4-3-5-7-14/h3-7,12-13H,8-11,18H2,1-2H3,(H2,17,20). The molecule has 4 heteroatoms. The van der Waals surface area contributed by atoms with Gasteiger partial charge in [0.05, 0.1) is 0 Å². The summed E-state index contributed by atoms with van der Waals surface area (Å²) in [5, 5.41) is 0. The number of likely N-dealkylation sites (tertiary alicyclic amines) is 1. The lowest BCUT2D eigenvalue weighted by Crippen LogP contribution is -2.51. The Bertz CT molecular complexity index is 462. The Morgan fingerprint density at radius 2 is 2.00 bits per heavy atom. The van der Waals surface area contributed by atoms with Crippen LogP contribution < -0.4 is 11.5 Å². The van der Waals surface area contributed by atoms with Crippen LogP contribution in [0.2, 0.25) is 0 Å². The topological polar surface area (TPSA) is 72.3 Å². The molecule has 1 aliphatic heterocycles. The van der Waals surface area contributed by atoms with Gasteiger partial charge in [0.15, 0.2) is 0 Å². The Hall–Kier alpha value is -1.39. The zero-order valence-corrected chi connectivity index (χ0v) is 12.4. The molecule has 4 nitrogen and oxygen atoms in total. The number of hydrogen-bond donors (Lipinski definition) is 2. The minimum Gasteiger partial charge on any atom is -0.368 e. The number of primary amides is 1. The third kappa shape index (κ3) is 3.02. The van der Waals surface area contributed by atoms with Gasteiger partial charge in [-0.2, -0.15) is 0 Å². The lowest BCUT2D eigenvalue weighted by Gasteiger charge is -2.30. The van der Waals surface area contributed by atoms with Crippen LogP contribution in [-0.4, -0.2) is 29.9 Å². The number of hydrogen-bond acceptors (Lipinski definition) is 3. The van der Waals surface area contributed by atoms with E-state index in [9.17, 15) is 4.79 Å². The number of amides is 1. The van der Waals surface area contributed by atoms with Crippen molar-refractivity contribution in [1.82, 2.24) is 4.90 Å². The zero-order chi connectivity index (χ0) is 14.8. The highest BCUT2D eigenvalue weighted by molar-refractivity contribution is 5.85. The Morgan fingerprint density at radius 3 is 2.50 bits per heavy atom. The highest BCUT2D eigenvalue weighted by Crippen LogP contribution is 2.26. The molecule has 110 valence electrons. The van der Waals surface area contributed by atoms with Crippen molar-refractivity contribution in [3.05, 3.63) is 35.9 Å². The summed E-state index contributed by atoms with van der Waals surface area (Å²) in [7, 11) is 0. The van der Waals surface area contributed by atoms with Gasteiger partial charge in [0.1, 0.15) is 5.54 Å². The van der Waals surface area contributed by atoms with Crippen LogP contribution in [0.25, 0.3) is 0 Å². The van der Waals surface area contributed by atoms with Crippen molar-refractivity contribution >= 4 is 5.91 Å². The van der Waals surface area contributed by atoms with Crippen molar-refractivity contribution in [2.45, 2.75) is 38.3 Å². The van der Waals surface area contributed by atoms with Crippen molar-refractivity contribution in [3.63, 3.8) is 0 Å². The maximum atomic E-state index is 11.9. The fourth-order valence-electron chi connectivity index (χ4n) is 3.16. The van der Waals surface area contributed by atoms with Crippen molar-refractivity contribution in [2.75, 3.05) is 13.1 Å². The lowest BCUT2D eigenvalue weighted by molar-refractivity contribution is -0.123. The fraction of sp³-hybridized carbons (Fsp3) is 0.562. The second-order valence-corrected chi connectivity index (χ2v) is 6.14.